The molecule has 1 aliphatic heterocycles. The van der Waals surface area contributed by atoms with Gasteiger partial charge in [-0.25, -0.2) is 0 Å². The number of carbonyl (C=O) groups excluding carboxylic acids is 1. The molecule has 0 aliphatic carbocycles. The second kappa shape index (κ2) is 5.85. The molecule has 0 aromatic rings. The van der Waals surface area contributed by atoms with Crippen LogP contribution in [0.15, 0.2) is 0 Å². The van der Waals surface area contributed by atoms with Gasteiger partial charge in [-0.2, -0.15) is 0 Å². The maximum Gasteiger partial charge on any atom is 0.222 e. The third-order valence-electron chi connectivity index (χ3n) is 3.63. The van der Waals surface area contributed by atoms with Crippen LogP contribution in [-0.2, 0) is 4.79 Å². The largest absolute Gasteiger partial charge is 0.342 e. The Balaban J connectivity index is 2.43. The molecule has 1 saturated heterocycles. The molecule has 1 rings (SSSR count). The standard InChI is InChI=1S/C14H28N2O/c1-11(2)7-12(9-15)8-13(17)16-6-5-14(3,4)10-16/h11-12H,5-10,15H2,1-4H3/t12-/m0/s1. The van der Waals surface area contributed by atoms with E-state index in [0.717, 1.165) is 25.9 Å². The van der Waals surface area contributed by atoms with Crippen LogP contribution in [0.1, 0.15) is 47.0 Å². The molecule has 0 unspecified atom stereocenters. The fourth-order valence-corrected chi connectivity index (χ4v) is 2.63. The molecule has 1 fully saturated rings. The topological polar surface area (TPSA) is 46.3 Å². The van der Waals surface area contributed by atoms with Crippen molar-refractivity contribution in [2.75, 3.05) is 19.6 Å². The molecule has 100 valence electrons. The van der Waals surface area contributed by atoms with E-state index in [9.17, 15) is 4.79 Å². The summed E-state index contributed by atoms with van der Waals surface area (Å²) < 4.78 is 0. The van der Waals surface area contributed by atoms with Gasteiger partial charge < -0.3 is 10.6 Å². The highest BCUT2D eigenvalue weighted by molar-refractivity contribution is 5.76. The Bertz CT molecular complexity index is 261. The molecule has 0 radical (unpaired) electrons. The van der Waals surface area contributed by atoms with E-state index in [0.29, 0.717) is 36.1 Å². The van der Waals surface area contributed by atoms with Crippen LogP contribution in [0.5, 0.6) is 0 Å². The van der Waals surface area contributed by atoms with Gasteiger partial charge in [-0.05, 0) is 36.6 Å². The van der Waals surface area contributed by atoms with E-state index < -0.39 is 0 Å². The van der Waals surface area contributed by atoms with Crippen molar-refractivity contribution in [2.24, 2.45) is 23.0 Å². The van der Waals surface area contributed by atoms with E-state index in [4.69, 9.17) is 5.73 Å². The molecule has 17 heavy (non-hydrogen) atoms. The first-order valence-electron chi connectivity index (χ1n) is 6.82. The van der Waals surface area contributed by atoms with Gasteiger partial charge in [0.1, 0.15) is 0 Å². The van der Waals surface area contributed by atoms with Gasteiger partial charge in [-0.15, -0.1) is 0 Å². The van der Waals surface area contributed by atoms with Crippen LogP contribution in [0.4, 0.5) is 0 Å². The fraction of sp³-hybridized carbons (Fsp3) is 0.929. The molecule has 1 amide bonds. The minimum absolute atomic E-state index is 0.298. The van der Waals surface area contributed by atoms with Gasteiger partial charge in [0.25, 0.3) is 0 Å². The maximum absolute atomic E-state index is 12.2. The third kappa shape index (κ3) is 4.66. The van der Waals surface area contributed by atoms with Crippen LogP contribution < -0.4 is 5.73 Å². The van der Waals surface area contributed by atoms with Crippen LogP contribution >= 0.6 is 0 Å². The van der Waals surface area contributed by atoms with Gasteiger partial charge in [0.2, 0.25) is 5.91 Å². The summed E-state index contributed by atoms with van der Waals surface area (Å²) in [6.45, 7) is 11.3. The predicted molar refractivity (Wildman–Crippen MR) is 71.6 cm³/mol. The van der Waals surface area contributed by atoms with Crippen LogP contribution in [0.3, 0.4) is 0 Å². The summed E-state index contributed by atoms with van der Waals surface area (Å²) in [6, 6.07) is 0. The highest BCUT2D eigenvalue weighted by atomic mass is 16.2. The van der Waals surface area contributed by atoms with Crippen molar-refractivity contribution in [3.63, 3.8) is 0 Å². The second-order valence-electron chi connectivity index (χ2n) is 6.66. The average Bonchev–Trinajstić information content (AvgIpc) is 2.57. The number of nitrogens with zero attached hydrogens (tertiary/aromatic N) is 1. The average molecular weight is 240 g/mol. The molecule has 1 atom stereocenters. The van der Waals surface area contributed by atoms with Crippen LogP contribution in [0.2, 0.25) is 0 Å². The maximum atomic E-state index is 12.2. The predicted octanol–water partition coefficient (Wildman–Crippen LogP) is 2.26. The highest BCUT2D eigenvalue weighted by Gasteiger charge is 2.32. The molecule has 1 heterocycles. The summed E-state index contributed by atoms with van der Waals surface area (Å²) in [5.74, 6) is 1.27. The summed E-state index contributed by atoms with van der Waals surface area (Å²) in [7, 11) is 0. The zero-order chi connectivity index (χ0) is 13.1. The summed E-state index contributed by atoms with van der Waals surface area (Å²) >= 11 is 0. The molecule has 0 aromatic heterocycles. The number of rotatable bonds is 5. The lowest BCUT2D eigenvalue weighted by molar-refractivity contribution is -0.131. The minimum Gasteiger partial charge on any atom is -0.342 e. The molecule has 3 heteroatoms. The zero-order valence-electron chi connectivity index (χ0n) is 11.8. The van der Waals surface area contributed by atoms with E-state index in [2.05, 4.69) is 27.7 Å². The number of carbonyl (C=O) groups is 1. The Kier molecular flexibility index (Phi) is 4.99. The van der Waals surface area contributed by atoms with Crippen molar-refractivity contribution in [2.45, 2.75) is 47.0 Å². The number of hydrogen-bond acceptors (Lipinski definition) is 2. The Labute approximate surface area is 106 Å². The SMILES string of the molecule is CC(C)C[C@H](CN)CC(=O)N1CCC(C)(C)C1. The lowest BCUT2D eigenvalue weighted by Gasteiger charge is -2.23. The van der Waals surface area contributed by atoms with Gasteiger partial charge in [0, 0.05) is 19.5 Å². The summed E-state index contributed by atoms with van der Waals surface area (Å²) in [6.07, 6.45) is 2.81. The van der Waals surface area contributed by atoms with E-state index in [1.54, 1.807) is 0 Å². The molecular weight excluding hydrogens is 212 g/mol. The molecule has 3 nitrogen and oxygen atoms in total. The second-order valence-corrected chi connectivity index (χ2v) is 6.66. The van der Waals surface area contributed by atoms with Gasteiger partial charge in [-0.3, -0.25) is 4.79 Å². The molecule has 0 spiro atoms. The van der Waals surface area contributed by atoms with Crippen molar-refractivity contribution < 1.29 is 4.79 Å². The van der Waals surface area contributed by atoms with Crippen molar-refractivity contribution in [1.29, 1.82) is 0 Å². The zero-order valence-corrected chi connectivity index (χ0v) is 11.8. The minimum atomic E-state index is 0.298. The summed E-state index contributed by atoms with van der Waals surface area (Å²) in [4.78, 5) is 14.2. The van der Waals surface area contributed by atoms with E-state index in [1.807, 2.05) is 4.90 Å². The van der Waals surface area contributed by atoms with Crippen LogP contribution in [0.25, 0.3) is 0 Å². The van der Waals surface area contributed by atoms with Gasteiger partial charge in [-0.1, -0.05) is 27.7 Å². The first-order chi connectivity index (χ1) is 7.84. The quantitative estimate of drug-likeness (QED) is 0.801. The van der Waals surface area contributed by atoms with E-state index in [1.165, 1.54) is 0 Å². The molecule has 0 bridgehead atoms. The van der Waals surface area contributed by atoms with Gasteiger partial charge >= 0.3 is 0 Å². The molecule has 0 aromatic carbocycles. The molecule has 0 saturated carbocycles. The molecule has 2 N–H and O–H groups in total. The van der Waals surface area contributed by atoms with Gasteiger partial charge in [0.15, 0.2) is 0 Å². The van der Waals surface area contributed by atoms with E-state index >= 15 is 0 Å². The first-order valence-corrected chi connectivity index (χ1v) is 6.82. The van der Waals surface area contributed by atoms with Crippen LogP contribution in [0, 0.1) is 17.3 Å². The molecule has 1 aliphatic rings. The Hall–Kier alpha value is -0.570. The van der Waals surface area contributed by atoms with Crippen LogP contribution in [-0.4, -0.2) is 30.4 Å². The van der Waals surface area contributed by atoms with Crippen molar-refractivity contribution in [1.82, 2.24) is 4.90 Å². The molecular formula is C14H28N2O. The third-order valence-corrected chi connectivity index (χ3v) is 3.63. The Morgan fingerprint density at radius 2 is 2.06 bits per heavy atom. The summed E-state index contributed by atoms with van der Waals surface area (Å²) in [5.41, 5.74) is 6.05. The number of amides is 1. The Morgan fingerprint density at radius 3 is 2.47 bits per heavy atom. The first kappa shape index (κ1) is 14.5. The summed E-state index contributed by atoms with van der Waals surface area (Å²) in [5, 5.41) is 0. The lowest BCUT2D eigenvalue weighted by atomic mass is 9.92. The number of nitrogens with two attached hydrogens (primary N) is 1. The van der Waals surface area contributed by atoms with Crippen molar-refractivity contribution in [3.8, 4) is 0 Å². The van der Waals surface area contributed by atoms with Crippen molar-refractivity contribution >= 4 is 5.91 Å². The van der Waals surface area contributed by atoms with Gasteiger partial charge in [0.05, 0.1) is 0 Å². The van der Waals surface area contributed by atoms with E-state index in [-0.39, 0.29) is 0 Å². The lowest BCUT2D eigenvalue weighted by Crippen LogP contribution is -2.33. The number of hydrogen-bond donors (Lipinski definition) is 1. The Morgan fingerprint density at radius 1 is 1.41 bits per heavy atom. The van der Waals surface area contributed by atoms with Crippen molar-refractivity contribution in [3.05, 3.63) is 0 Å². The normalized spacial score (nSPS) is 20.9. The fourth-order valence-electron chi connectivity index (χ4n) is 2.63. The monoisotopic (exact) mass is 240 g/mol. The smallest absolute Gasteiger partial charge is 0.222 e. The number of likely N-dealkylation sites (tertiary alicyclic amines) is 1. The highest BCUT2D eigenvalue weighted by Crippen LogP contribution is 2.29.